The fraction of sp³-hybridized carbons (Fsp3) is 0.300. The van der Waals surface area contributed by atoms with Crippen LogP contribution in [0.4, 0.5) is 11.4 Å². The first-order chi connectivity index (χ1) is 13.3. The highest BCUT2D eigenvalue weighted by molar-refractivity contribution is 6.39. The molecule has 8 heteroatoms. The Morgan fingerprint density at radius 3 is 2.32 bits per heavy atom. The predicted molar refractivity (Wildman–Crippen MR) is 117 cm³/mol. The van der Waals surface area contributed by atoms with Crippen LogP contribution in [0.3, 0.4) is 0 Å². The third-order valence-electron chi connectivity index (χ3n) is 4.17. The number of hydrogen-bond donors (Lipinski definition) is 2. The molecule has 0 spiro atoms. The summed E-state index contributed by atoms with van der Waals surface area (Å²) in [6.45, 7) is 5.05. The lowest BCUT2D eigenvalue weighted by Crippen LogP contribution is -2.35. The summed E-state index contributed by atoms with van der Waals surface area (Å²) in [5, 5.41) is 6.89. The highest BCUT2D eigenvalue weighted by Crippen LogP contribution is 2.29. The van der Waals surface area contributed by atoms with Gasteiger partial charge in [0.15, 0.2) is 0 Å². The summed E-state index contributed by atoms with van der Waals surface area (Å²) < 4.78 is 0. The van der Waals surface area contributed by atoms with Crippen LogP contribution < -0.4 is 10.6 Å². The van der Waals surface area contributed by atoms with E-state index in [0.29, 0.717) is 39.5 Å². The molecule has 5 nitrogen and oxygen atoms in total. The smallest absolute Gasteiger partial charge is 0.238 e. The molecule has 0 aliphatic rings. The number of rotatable bonds is 8. The largest absolute Gasteiger partial charge is 0.325 e. The van der Waals surface area contributed by atoms with Crippen LogP contribution in [0.5, 0.6) is 0 Å². The zero-order valence-electron chi connectivity index (χ0n) is 15.7. The molecule has 2 aromatic rings. The molecule has 2 N–H and O–H groups in total. The van der Waals surface area contributed by atoms with E-state index in [-0.39, 0.29) is 24.8 Å². The molecule has 0 heterocycles. The molecule has 0 aromatic heterocycles. The van der Waals surface area contributed by atoms with Crippen molar-refractivity contribution >= 4 is 58.0 Å². The Morgan fingerprint density at radius 1 is 1.00 bits per heavy atom. The molecule has 0 aliphatic carbocycles. The summed E-state index contributed by atoms with van der Waals surface area (Å²) >= 11 is 18.1. The molecule has 150 valence electrons. The summed E-state index contributed by atoms with van der Waals surface area (Å²) in [7, 11) is 0. The average Bonchev–Trinajstić information content (AvgIpc) is 2.64. The maximum Gasteiger partial charge on any atom is 0.238 e. The molecule has 0 atom stereocenters. The van der Waals surface area contributed by atoms with Crippen molar-refractivity contribution in [3.05, 3.63) is 57.0 Å². The van der Waals surface area contributed by atoms with E-state index in [2.05, 4.69) is 10.6 Å². The molecular formula is C20H22Cl3N3O2. The van der Waals surface area contributed by atoms with Gasteiger partial charge in [-0.05, 0) is 43.3 Å². The van der Waals surface area contributed by atoms with Crippen LogP contribution in [0.2, 0.25) is 15.1 Å². The molecular weight excluding hydrogens is 421 g/mol. The number of nitrogens with one attached hydrogen (secondary N) is 2. The van der Waals surface area contributed by atoms with Crippen LogP contribution in [0.1, 0.15) is 18.9 Å². The Bertz CT molecular complexity index is 838. The minimum absolute atomic E-state index is 0.165. The monoisotopic (exact) mass is 441 g/mol. The number of para-hydroxylation sites is 1. The van der Waals surface area contributed by atoms with Gasteiger partial charge in [0.25, 0.3) is 0 Å². The van der Waals surface area contributed by atoms with Gasteiger partial charge >= 0.3 is 0 Å². The molecule has 0 saturated heterocycles. The second-order valence-corrected chi connectivity index (χ2v) is 7.52. The number of benzene rings is 2. The number of nitrogens with zero attached hydrogens (tertiary/aromatic N) is 1. The number of aryl methyl sites for hydroxylation is 1. The van der Waals surface area contributed by atoms with Gasteiger partial charge in [0.2, 0.25) is 11.8 Å². The van der Waals surface area contributed by atoms with Crippen LogP contribution in [0.15, 0.2) is 36.4 Å². The molecule has 2 amide bonds. The average molecular weight is 443 g/mol. The number of halogens is 3. The fourth-order valence-corrected chi connectivity index (χ4v) is 3.21. The summed E-state index contributed by atoms with van der Waals surface area (Å²) in [5.74, 6) is -0.388. The molecule has 2 aromatic carbocycles. The number of carbonyl (C=O) groups is 2. The van der Waals surface area contributed by atoms with Gasteiger partial charge in [0, 0.05) is 23.7 Å². The van der Waals surface area contributed by atoms with Gasteiger partial charge in [-0.1, -0.05) is 53.9 Å². The molecule has 0 bridgehead atoms. The van der Waals surface area contributed by atoms with Crippen LogP contribution in [0.25, 0.3) is 0 Å². The van der Waals surface area contributed by atoms with Gasteiger partial charge < -0.3 is 10.6 Å². The fourth-order valence-electron chi connectivity index (χ4n) is 2.55. The molecule has 0 unspecified atom stereocenters. The highest BCUT2D eigenvalue weighted by Gasteiger charge is 2.14. The molecule has 0 saturated carbocycles. The van der Waals surface area contributed by atoms with Crippen LogP contribution in [-0.2, 0) is 9.59 Å². The van der Waals surface area contributed by atoms with E-state index >= 15 is 0 Å². The summed E-state index contributed by atoms with van der Waals surface area (Å²) in [6, 6.07) is 10.4. The van der Waals surface area contributed by atoms with Gasteiger partial charge in [-0.2, -0.15) is 0 Å². The van der Waals surface area contributed by atoms with Gasteiger partial charge in [0.05, 0.1) is 22.3 Å². The van der Waals surface area contributed by atoms with E-state index in [0.717, 1.165) is 5.56 Å². The summed E-state index contributed by atoms with van der Waals surface area (Å²) in [4.78, 5) is 26.4. The van der Waals surface area contributed by atoms with Crippen LogP contribution in [0, 0.1) is 6.92 Å². The standard InChI is InChI=1S/C20H22Cl3N3O2/c1-3-26(12-19(28)24-17-11-14(21)8-7-13(17)2)10-9-18(27)25-20-15(22)5-4-6-16(20)23/h4-8,11H,3,9-10,12H2,1-2H3,(H,24,28)(H,25,27). The lowest BCUT2D eigenvalue weighted by atomic mass is 10.2. The zero-order chi connectivity index (χ0) is 20.7. The molecule has 2 rings (SSSR count). The minimum Gasteiger partial charge on any atom is -0.325 e. The maximum absolute atomic E-state index is 12.3. The van der Waals surface area contributed by atoms with Crippen LogP contribution in [-0.4, -0.2) is 36.3 Å². The van der Waals surface area contributed by atoms with Crippen molar-refractivity contribution < 1.29 is 9.59 Å². The van der Waals surface area contributed by atoms with Crippen molar-refractivity contribution in [3.63, 3.8) is 0 Å². The van der Waals surface area contributed by atoms with E-state index in [1.807, 2.05) is 24.8 Å². The van der Waals surface area contributed by atoms with E-state index in [4.69, 9.17) is 34.8 Å². The lowest BCUT2D eigenvalue weighted by Gasteiger charge is -2.20. The Morgan fingerprint density at radius 2 is 1.68 bits per heavy atom. The lowest BCUT2D eigenvalue weighted by molar-refractivity contribution is -0.119. The number of anilines is 2. The minimum atomic E-state index is -0.223. The first-order valence-electron chi connectivity index (χ1n) is 8.82. The van der Waals surface area contributed by atoms with Crippen molar-refractivity contribution in [2.45, 2.75) is 20.3 Å². The SMILES string of the molecule is CCN(CCC(=O)Nc1c(Cl)cccc1Cl)CC(=O)Nc1cc(Cl)ccc1C. The highest BCUT2D eigenvalue weighted by atomic mass is 35.5. The van der Waals surface area contributed by atoms with Crippen molar-refractivity contribution in [3.8, 4) is 0 Å². The van der Waals surface area contributed by atoms with Crippen molar-refractivity contribution in [1.29, 1.82) is 0 Å². The van der Waals surface area contributed by atoms with Gasteiger partial charge in [-0.25, -0.2) is 0 Å². The Hall–Kier alpha value is -1.79. The van der Waals surface area contributed by atoms with E-state index in [1.165, 1.54) is 0 Å². The van der Waals surface area contributed by atoms with E-state index in [1.54, 1.807) is 30.3 Å². The topological polar surface area (TPSA) is 61.4 Å². The van der Waals surface area contributed by atoms with E-state index < -0.39 is 0 Å². The Kier molecular flexibility index (Phi) is 8.58. The predicted octanol–water partition coefficient (Wildman–Crippen LogP) is 5.24. The Balaban J connectivity index is 1.87. The summed E-state index contributed by atoms with van der Waals surface area (Å²) in [5.41, 5.74) is 2.00. The molecule has 0 radical (unpaired) electrons. The second kappa shape index (κ2) is 10.7. The normalized spacial score (nSPS) is 10.8. The van der Waals surface area contributed by atoms with Gasteiger partial charge in [-0.3, -0.25) is 14.5 Å². The maximum atomic E-state index is 12.3. The molecule has 28 heavy (non-hydrogen) atoms. The number of amides is 2. The van der Waals surface area contributed by atoms with Crippen molar-refractivity contribution in [1.82, 2.24) is 4.90 Å². The zero-order valence-corrected chi connectivity index (χ0v) is 18.0. The third-order valence-corrected chi connectivity index (χ3v) is 5.04. The summed E-state index contributed by atoms with van der Waals surface area (Å²) in [6.07, 6.45) is 0.207. The van der Waals surface area contributed by atoms with Crippen LogP contribution >= 0.6 is 34.8 Å². The van der Waals surface area contributed by atoms with Gasteiger partial charge in [-0.15, -0.1) is 0 Å². The first kappa shape index (κ1) is 22.5. The van der Waals surface area contributed by atoms with Crippen molar-refractivity contribution in [2.24, 2.45) is 0 Å². The number of carbonyl (C=O) groups excluding carboxylic acids is 2. The third kappa shape index (κ3) is 6.67. The molecule has 0 aliphatic heterocycles. The number of hydrogen-bond acceptors (Lipinski definition) is 3. The second-order valence-electron chi connectivity index (χ2n) is 6.27. The molecule has 0 fully saturated rings. The first-order valence-corrected chi connectivity index (χ1v) is 9.95. The van der Waals surface area contributed by atoms with Gasteiger partial charge in [0.1, 0.15) is 0 Å². The Labute approximate surface area is 180 Å². The quantitative estimate of drug-likeness (QED) is 0.587. The van der Waals surface area contributed by atoms with E-state index in [9.17, 15) is 9.59 Å². The van der Waals surface area contributed by atoms with Crippen molar-refractivity contribution in [2.75, 3.05) is 30.3 Å². The number of likely N-dealkylation sites (N-methyl/N-ethyl adjacent to an activating group) is 1.